The SMILES string of the molecule is O=C(C[C@H](CN1CCN(CCO)CC1)C(=O)O)Nc1cccc2nsnc12. The first kappa shape index (κ1) is 19.6. The van der Waals surface area contributed by atoms with Crippen molar-refractivity contribution in [1.82, 2.24) is 18.5 Å². The van der Waals surface area contributed by atoms with E-state index < -0.39 is 11.9 Å². The minimum atomic E-state index is -0.975. The van der Waals surface area contributed by atoms with Crippen molar-refractivity contribution >= 4 is 40.3 Å². The molecule has 0 spiro atoms. The van der Waals surface area contributed by atoms with Crippen molar-refractivity contribution in [2.75, 3.05) is 51.2 Å². The molecule has 0 radical (unpaired) electrons. The second-order valence-electron chi connectivity index (χ2n) is 6.59. The van der Waals surface area contributed by atoms with Crippen LogP contribution in [0.5, 0.6) is 0 Å². The molecule has 1 fully saturated rings. The fraction of sp³-hybridized carbons (Fsp3) is 0.529. The van der Waals surface area contributed by atoms with Gasteiger partial charge in [0.25, 0.3) is 0 Å². The summed E-state index contributed by atoms with van der Waals surface area (Å²) in [7, 11) is 0. The third kappa shape index (κ3) is 5.19. The van der Waals surface area contributed by atoms with E-state index in [2.05, 4.69) is 23.9 Å². The molecule has 1 aliphatic rings. The summed E-state index contributed by atoms with van der Waals surface area (Å²) in [5, 5.41) is 21.3. The van der Waals surface area contributed by atoms with Gasteiger partial charge in [-0.3, -0.25) is 19.4 Å². The van der Waals surface area contributed by atoms with Crippen LogP contribution in [0, 0.1) is 5.92 Å². The first-order chi connectivity index (χ1) is 13.1. The van der Waals surface area contributed by atoms with Crippen LogP contribution in [0.25, 0.3) is 11.0 Å². The predicted molar refractivity (Wildman–Crippen MR) is 102 cm³/mol. The maximum atomic E-state index is 12.4. The first-order valence-electron chi connectivity index (χ1n) is 8.86. The normalized spacial score (nSPS) is 17.1. The standard InChI is InChI=1S/C17H23N5O4S/c23-9-8-21-4-6-22(7-5-21)11-12(17(25)26)10-15(24)18-13-2-1-3-14-16(13)20-27-19-14/h1-3,12,23H,4-11H2,(H,18,24)(H,25,26)/t12-/m1/s1. The average Bonchev–Trinajstić information content (AvgIpc) is 3.13. The van der Waals surface area contributed by atoms with Gasteiger partial charge in [-0.2, -0.15) is 8.75 Å². The number of carboxylic acids is 1. The molecule has 1 saturated heterocycles. The van der Waals surface area contributed by atoms with Crippen LogP contribution < -0.4 is 5.32 Å². The summed E-state index contributed by atoms with van der Waals surface area (Å²) in [6, 6.07) is 5.32. The largest absolute Gasteiger partial charge is 0.481 e. The van der Waals surface area contributed by atoms with Crippen LogP contribution >= 0.6 is 11.7 Å². The van der Waals surface area contributed by atoms with Crippen LogP contribution in [-0.4, -0.2) is 86.5 Å². The van der Waals surface area contributed by atoms with Crippen LogP contribution in [0.15, 0.2) is 18.2 Å². The molecule has 0 bridgehead atoms. The monoisotopic (exact) mass is 393 g/mol. The third-order valence-corrected chi connectivity index (χ3v) is 5.24. The fourth-order valence-electron chi connectivity index (χ4n) is 3.21. The molecule has 0 unspecified atom stereocenters. The number of nitrogens with zero attached hydrogens (tertiary/aromatic N) is 4. The van der Waals surface area contributed by atoms with E-state index in [-0.39, 0.29) is 18.9 Å². The molecular weight excluding hydrogens is 370 g/mol. The lowest BCUT2D eigenvalue weighted by atomic mass is 10.0. The number of fused-ring (bicyclic) bond motifs is 1. The molecule has 1 amide bonds. The highest BCUT2D eigenvalue weighted by molar-refractivity contribution is 7.00. The van der Waals surface area contributed by atoms with Crippen molar-refractivity contribution in [2.24, 2.45) is 5.92 Å². The summed E-state index contributed by atoms with van der Waals surface area (Å²) < 4.78 is 8.30. The Morgan fingerprint density at radius 2 is 1.93 bits per heavy atom. The second-order valence-corrected chi connectivity index (χ2v) is 7.12. The first-order valence-corrected chi connectivity index (χ1v) is 9.59. The summed E-state index contributed by atoms with van der Waals surface area (Å²) in [5.74, 6) is -2.10. The highest BCUT2D eigenvalue weighted by Gasteiger charge is 2.26. The lowest BCUT2D eigenvalue weighted by Gasteiger charge is -2.35. The maximum Gasteiger partial charge on any atom is 0.308 e. The molecule has 1 aromatic carbocycles. The molecule has 146 valence electrons. The smallest absolute Gasteiger partial charge is 0.308 e. The summed E-state index contributed by atoms with van der Waals surface area (Å²) >= 11 is 1.07. The van der Waals surface area contributed by atoms with Gasteiger partial charge in [0.1, 0.15) is 11.0 Å². The highest BCUT2D eigenvalue weighted by atomic mass is 32.1. The van der Waals surface area contributed by atoms with Crippen molar-refractivity contribution in [1.29, 1.82) is 0 Å². The summed E-state index contributed by atoms with van der Waals surface area (Å²) in [6.07, 6.45) is -0.0971. The molecule has 27 heavy (non-hydrogen) atoms. The minimum Gasteiger partial charge on any atom is -0.481 e. The molecule has 1 aliphatic heterocycles. The van der Waals surface area contributed by atoms with Crippen LogP contribution in [0.1, 0.15) is 6.42 Å². The zero-order valence-electron chi connectivity index (χ0n) is 14.9. The number of carbonyl (C=O) groups excluding carboxylic acids is 1. The molecular formula is C17H23N5O4S. The number of amides is 1. The lowest BCUT2D eigenvalue weighted by molar-refractivity contribution is -0.144. The van der Waals surface area contributed by atoms with E-state index in [0.29, 0.717) is 29.8 Å². The minimum absolute atomic E-state index is 0.0971. The Balaban J connectivity index is 1.55. The van der Waals surface area contributed by atoms with Crippen LogP contribution in [0.2, 0.25) is 0 Å². The van der Waals surface area contributed by atoms with Gasteiger partial charge in [-0.25, -0.2) is 0 Å². The number of anilines is 1. The Hall–Kier alpha value is -2.14. The number of hydrogen-bond acceptors (Lipinski definition) is 8. The third-order valence-electron chi connectivity index (χ3n) is 4.70. The molecule has 1 aromatic heterocycles. The van der Waals surface area contributed by atoms with Gasteiger partial charge in [0, 0.05) is 45.7 Å². The number of aliphatic hydroxyl groups is 1. The molecule has 0 aliphatic carbocycles. The zero-order valence-corrected chi connectivity index (χ0v) is 15.7. The number of carbonyl (C=O) groups is 2. The number of benzene rings is 1. The lowest BCUT2D eigenvalue weighted by Crippen LogP contribution is -2.49. The van der Waals surface area contributed by atoms with E-state index in [4.69, 9.17) is 5.11 Å². The van der Waals surface area contributed by atoms with Gasteiger partial charge in [-0.05, 0) is 12.1 Å². The summed E-state index contributed by atoms with van der Waals surface area (Å²) in [6.45, 7) is 4.13. The fourth-order valence-corrected chi connectivity index (χ4v) is 3.76. The number of carboxylic acid groups (broad SMARTS) is 1. The molecule has 9 nitrogen and oxygen atoms in total. The van der Waals surface area contributed by atoms with Gasteiger partial charge in [-0.1, -0.05) is 6.07 Å². The molecule has 2 heterocycles. The van der Waals surface area contributed by atoms with E-state index in [1.807, 2.05) is 6.07 Å². The van der Waals surface area contributed by atoms with Gasteiger partial charge < -0.3 is 15.5 Å². The van der Waals surface area contributed by atoms with Gasteiger partial charge in [0.05, 0.1) is 29.9 Å². The summed E-state index contributed by atoms with van der Waals surface area (Å²) in [4.78, 5) is 28.2. The number of aromatic nitrogens is 2. The molecule has 0 saturated carbocycles. The van der Waals surface area contributed by atoms with Crippen molar-refractivity contribution < 1.29 is 19.8 Å². The Labute approximate surface area is 160 Å². The summed E-state index contributed by atoms with van der Waals surface area (Å²) in [5.41, 5.74) is 1.86. The van der Waals surface area contributed by atoms with E-state index in [0.717, 1.165) is 37.9 Å². The number of piperazine rings is 1. The number of β-amino-alcohol motifs (C(OH)–C–C–N with tert-alkyl or cyclic N) is 1. The Kier molecular flexibility index (Phi) is 6.67. The van der Waals surface area contributed by atoms with E-state index in [1.165, 1.54) is 0 Å². The predicted octanol–water partition coefficient (Wildman–Crippen LogP) is 0.331. The quantitative estimate of drug-likeness (QED) is 0.587. The van der Waals surface area contributed by atoms with Gasteiger partial charge >= 0.3 is 5.97 Å². The Bertz CT molecular complexity index is 790. The zero-order chi connectivity index (χ0) is 19.2. The van der Waals surface area contributed by atoms with Gasteiger partial charge in [-0.15, -0.1) is 0 Å². The second kappa shape index (κ2) is 9.18. The number of aliphatic carboxylic acids is 1. The number of rotatable bonds is 8. The maximum absolute atomic E-state index is 12.4. The van der Waals surface area contributed by atoms with E-state index in [1.54, 1.807) is 12.1 Å². The van der Waals surface area contributed by atoms with Gasteiger partial charge in [0.15, 0.2) is 0 Å². The highest BCUT2D eigenvalue weighted by Crippen LogP contribution is 2.22. The molecule has 2 aromatic rings. The molecule has 3 N–H and O–H groups in total. The topological polar surface area (TPSA) is 119 Å². The molecule has 3 rings (SSSR count). The Morgan fingerprint density at radius 3 is 2.63 bits per heavy atom. The molecule has 10 heteroatoms. The number of aliphatic hydroxyl groups excluding tert-OH is 1. The van der Waals surface area contributed by atoms with Crippen molar-refractivity contribution in [3.63, 3.8) is 0 Å². The molecule has 1 atom stereocenters. The number of nitrogens with one attached hydrogen (secondary N) is 1. The average molecular weight is 393 g/mol. The van der Waals surface area contributed by atoms with Crippen molar-refractivity contribution in [3.05, 3.63) is 18.2 Å². The number of hydrogen-bond donors (Lipinski definition) is 3. The van der Waals surface area contributed by atoms with Crippen molar-refractivity contribution in [2.45, 2.75) is 6.42 Å². The van der Waals surface area contributed by atoms with Crippen LogP contribution in [-0.2, 0) is 9.59 Å². The van der Waals surface area contributed by atoms with Crippen molar-refractivity contribution in [3.8, 4) is 0 Å². The van der Waals surface area contributed by atoms with E-state index >= 15 is 0 Å². The van der Waals surface area contributed by atoms with Gasteiger partial charge in [0.2, 0.25) is 5.91 Å². The van der Waals surface area contributed by atoms with Crippen LogP contribution in [0.4, 0.5) is 5.69 Å². The van der Waals surface area contributed by atoms with Crippen LogP contribution in [0.3, 0.4) is 0 Å². The van der Waals surface area contributed by atoms with E-state index in [9.17, 15) is 14.7 Å². The Morgan fingerprint density at radius 1 is 1.19 bits per heavy atom.